The van der Waals surface area contributed by atoms with Crippen LogP contribution in [0.1, 0.15) is 57.1 Å². The maximum absolute atomic E-state index is 13.1. The van der Waals surface area contributed by atoms with E-state index in [0.717, 1.165) is 34.4 Å². The molecule has 172 valence electrons. The van der Waals surface area contributed by atoms with Crippen molar-refractivity contribution in [3.05, 3.63) is 82.2 Å². The number of nitrogens with one attached hydrogen (secondary N) is 1. The second kappa shape index (κ2) is 10.4. The molecule has 0 radical (unpaired) electrons. The van der Waals surface area contributed by atoms with Crippen LogP contribution in [-0.4, -0.2) is 16.8 Å². The van der Waals surface area contributed by atoms with Crippen LogP contribution in [0.15, 0.2) is 48.5 Å². The van der Waals surface area contributed by atoms with E-state index < -0.39 is 5.91 Å². The van der Waals surface area contributed by atoms with Gasteiger partial charge in [0.15, 0.2) is 0 Å². The number of aryl methyl sites for hydroxylation is 1. The summed E-state index contributed by atoms with van der Waals surface area (Å²) in [6, 6.07) is 14.1. The predicted octanol–water partition coefficient (Wildman–Crippen LogP) is 3.52. The molecular formula is C26H31N5O2. The van der Waals surface area contributed by atoms with Gasteiger partial charge in [0.25, 0.3) is 5.91 Å². The zero-order chi connectivity index (χ0) is 24.1. The fraction of sp³-hybridized carbons (Fsp3) is 0.269. The number of hydrogen-bond donors (Lipinski definition) is 4. The molecule has 3 aromatic rings. The molecule has 33 heavy (non-hydrogen) atoms. The van der Waals surface area contributed by atoms with Crippen molar-refractivity contribution in [2.75, 3.05) is 5.32 Å². The molecule has 0 aliphatic carbocycles. The monoisotopic (exact) mass is 445 g/mol. The summed E-state index contributed by atoms with van der Waals surface area (Å²) in [5, 5.41) is 3.03. The number of nitrogens with two attached hydrogens (primary N) is 3. The number of hydrogen-bond acceptors (Lipinski definition) is 5. The van der Waals surface area contributed by atoms with E-state index in [-0.39, 0.29) is 5.91 Å². The van der Waals surface area contributed by atoms with Gasteiger partial charge in [-0.15, -0.1) is 0 Å². The van der Waals surface area contributed by atoms with Crippen molar-refractivity contribution in [1.29, 1.82) is 0 Å². The first-order chi connectivity index (χ1) is 15.7. The van der Waals surface area contributed by atoms with Crippen LogP contribution < -0.4 is 22.5 Å². The summed E-state index contributed by atoms with van der Waals surface area (Å²) < 4.78 is 0. The fourth-order valence-electron chi connectivity index (χ4n) is 3.83. The van der Waals surface area contributed by atoms with Gasteiger partial charge in [-0.2, -0.15) is 0 Å². The van der Waals surface area contributed by atoms with Crippen molar-refractivity contribution >= 4 is 17.5 Å². The smallest absolute Gasteiger partial charge is 0.255 e. The van der Waals surface area contributed by atoms with Crippen LogP contribution in [0.25, 0.3) is 11.1 Å². The number of rotatable bonds is 8. The molecule has 0 aliphatic heterocycles. The van der Waals surface area contributed by atoms with Crippen molar-refractivity contribution < 1.29 is 9.59 Å². The Hall–Kier alpha value is -3.55. The van der Waals surface area contributed by atoms with Gasteiger partial charge in [0.1, 0.15) is 0 Å². The van der Waals surface area contributed by atoms with Crippen LogP contribution in [0.3, 0.4) is 0 Å². The highest BCUT2D eigenvalue weighted by Gasteiger charge is 2.21. The third-order valence-corrected chi connectivity index (χ3v) is 5.52. The van der Waals surface area contributed by atoms with E-state index in [0.29, 0.717) is 41.5 Å². The maximum atomic E-state index is 13.1. The van der Waals surface area contributed by atoms with E-state index in [1.54, 1.807) is 12.1 Å². The summed E-state index contributed by atoms with van der Waals surface area (Å²) in [7, 11) is 0. The summed E-state index contributed by atoms with van der Waals surface area (Å²) in [5.74, 6) is -0.451. The Morgan fingerprint density at radius 3 is 2.06 bits per heavy atom. The Bertz CT molecular complexity index is 1150. The highest BCUT2D eigenvalue weighted by atomic mass is 16.2. The average molecular weight is 446 g/mol. The van der Waals surface area contributed by atoms with Gasteiger partial charge in [0.2, 0.25) is 5.91 Å². The number of aromatic nitrogens is 1. The van der Waals surface area contributed by atoms with Gasteiger partial charge in [-0.05, 0) is 60.2 Å². The minimum atomic E-state index is -0.543. The van der Waals surface area contributed by atoms with Gasteiger partial charge in [-0.1, -0.05) is 38.1 Å². The Kier molecular flexibility index (Phi) is 7.58. The molecule has 2 amide bonds. The highest BCUT2D eigenvalue weighted by molar-refractivity contribution is 6.07. The number of pyridine rings is 1. The average Bonchev–Trinajstić information content (AvgIpc) is 2.80. The lowest BCUT2D eigenvalue weighted by Gasteiger charge is -2.21. The topological polar surface area (TPSA) is 137 Å². The van der Waals surface area contributed by atoms with Gasteiger partial charge in [0, 0.05) is 35.5 Å². The minimum absolute atomic E-state index is 0.291. The number of carbonyl (C=O) groups is 2. The van der Waals surface area contributed by atoms with Crippen LogP contribution in [0.5, 0.6) is 0 Å². The molecule has 7 heteroatoms. The lowest BCUT2D eigenvalue weighted by atomic mass is 9.92. The molecule has 0 spiro atoms. The Balaban J connectivity index is 2.12. The lowest BCUT2D eigenvalue weighted by molar-refractivity contribution is 0.0995. The van der Waals surface area contributed by atoms with Crippen molar-refractivity contribution in [3.63, 3.8) is 0 Å². The van der Waals surface area contributed by atoms with E-state index in [2.05, 4.69) is 19.2 Å². The lowest BCUT2D eigenvalue weighted by Crippen LogP contribution is -2.18. The molecular weight excluding hydrogens is 414 g/mol. The second-order valence-electron chi connectivity index (χ2n) is 8.47. The molecule has 0 fully saturated rings. The zero-order valence-corrected chi connectivity index (χ0v) is 19.3. The number of anilines is 1. The van der Waals surface area contributed by atoms with Gasteiger partial charge < -0.3 is 22.5 Å². The fourth-order valence-corrected chi connectivity index (χ4v) is 3.83. The molecule has 0 unspecified atom stereocenters. The van der Waals surface area contributed by atoms with Crippen molar-refractivity contribution in [3.8, 4) is 11.1 Å². The SMILES string of the molecule is Cc1nc(CC(C)C)c(CN)c(-c2ccc(CN)cc2)c1NC(=O)c1ccc(C(N)=O)cc1. The molecule has 7 N–H and O–H groups in total. The van der Waals surface area contributed by atoms with Gasteiger partial charge in [-0.25, -0.2) is 0 Å². The highest BCUT2D eigenvalue weighted by Crippen LogP contribution is 2.36. The van der Waals surface area contributed by atoms with E-state index in [1.165, 1.54) is 12.1 Å². The summed E-state index contributed by atoms with van der Waals surface area (Å²) in [6.45, 7) is 6.90. The molecule has 7 nitrogen and oxygen atoms in total. The second-order valence-corrected chi connectivity index (χ2v) is 8.47. The van der Waals surface area contributed by atoms with Crippen molar-refractivity contribution in [2.45, 2.75) is 40.3 Å². The van der Waals surface area contributed by atoms with Crippen LogP contribution in [0.4, 0.5) is 5.69 Å². The molecule has 0 bridgehead atoms. The van der Waals surface area contributed by atoms with Crippen LogP contribution >= 0.6 is 0 Å². The number of benzene rings is 2. The number of primary amides is 1. The van der Waals surface area contributed by atoms with Gasteiger partial charge in [0.05, 0.1) is 11.4 Å². The van der Waals surface area contributed by atoms with E-state index in [1.807, 2.05) is 31.2 Å². The first kappa shape index (κ1) is 24.1. The minimum Gasteiger partial charge on any atom is -0.366 e. The molecule has 1 heterocycles. The maximum Gasteiger partial charge on any atom is 0.255 e. The number of carbonyl (C=O) groups excluding carboxylic acids is 2. The Morgan fingerprint density at radius 1 is 0.939 bits per heavy atom. The van der Waals surface area contributed by atoms with Gasteiger partial charge in [-0.3, -0.25) is 14.6 Å². The normalized spacial score (nSPS) is 11.0. The summed E-state index contributed by atoms with van der Waals surface area (Å²) in [5.41, 5.74) is 24.0. The van der Waals surface area contributed by atoms with Crippen molar-refractivity contribution in [1.82, 2.24) is 4.98 Å². The number of nitrogens with zero attached hydrogens (tertiary/aromatic N) is 1. The van der Waals surface area contributed by atoms with Crippen LogP contribution in [-0.2, 0) is 19.5 Å². The quantitative estimate of drug-likeness (QED) is 0.420. The summed E-state index contributed by atoms with van der Waals surface area (Å²) in [4.78, 5) is 29.2. The molecule has 0 atom stereocenters. The van der Waals surface area contributed by atoms with Gasteiger partial charge >= 0.3 is 0 Å². The zero-order valence-electron chi connectivity index (χ0n) is 19.3. The van der Waals surface area contributed by atoms with Crippen LogP contribution in [0, 0.1) is 12.8 Å². The third-order valence-electron chi connectivity index (χ3n) is 5.52. The Morgan fingerprint density at radius 2 is 1.55 bits per heavy atom. The molecule has 2 aromatic carbocycles. The molecule has 1 aromatic heterocycles. The number of amides is 2. The molecule has 0 saturated heterocycles. The third kappa shape index (κ3) is 5.45. The summed E-state index contributed by atoms with van der Waals surface area (Å²) >= 11 is 0. The summed E-state index contributed by atoms with van der Waals surface area (Å²) in [6.07, 6.45) is 0.782. The molecule has 0 aliphatic rings. The van der Waals surface area contributed by atoms with E-state index in [4.69, 9.17) is 22.2 Å². The van der Waals surface area contributed by atoms with E-state index >= 15 is 0 Å². The van der Waals surface area contributed by atoms with E-state index in [9.17, 15) is 9.59 Å². The first-order valence-corrected chi connectivity index (χ1v) is 11.0. The standard InChI is InChI=1S/C26H31N5O2/c1-15(2)12-22-21(14-28)23(18-6-4-17(13-27)5-7-18)24(16(3)30-22)31-26(33)20-10-8-19(9-11-20)25(29)32/h4-11,15H,12-14,27-28H2,1-3H3,(H2,29,32)(H,31,33). The molecule has 0 saturated carbocycles. The first-order valence-electron chi connectivity index (χ1n) is 11.0. The predicted molar refractivity (Wildman–Crippen MR) is 132 cm³/mol. The molecule has 3 rings (SSSR count). The van der Waals surface area contributed by atoms with Crippen molar-refractivity contribution in [2.24, 2.45) is 23.1 Å². The van der Waals surface area contributed by atoms with Crippen LogP contribution in [0.2, 0.25) is 0 Å². The Labute approximate surface area is 194 Å². The largest absolute Gasteiger partial charge is 0.366 e.